The standard InChI is InChI=1S/C27H22BrN3O5/c1-16-7-6-10-22(17(16)2)29-24(32)15-36-23-12-11-18(14-21(23)28)13-20-25(33)30-27(35)31(26(20)34)19-8-4-3-5-9-19/h3-14H,15H2,1-2H3,(H,29,32)(H,30,33,35)/b20-13-. The molecule has 36 heavy (non-hydrogen) atoms. The van der Waals surface area contributed by atoms with E-state index in [0.29, 0.717) is 21.5 Å². The lowest BCUT2D eigenvalue weighted by molar-refractivity contribution is -0.122. The van der Waals surface area contributed by atoms with Crippen molar-refractivity contribution in [3.05, 3.63) is 93.5 Å². The second-order valence-corrected chi connectivity index (χ2v) is 8.92. The maximum atomic E-state index is 13.0. The number of amides is 5. The van der Waals surface area contributed by atoms with Gasteiger partial charge >= 0.3 is 6.03 Å². The number of imide groups is 2. The Labute approximate surface area is 216 Å². The molecule has 0 unspecified atom stereocenters. The molecule has 0 atom stereocenters. The number of para-hydroxylation sites is 1. The lowest BCUT2D eigenvalue weighted by Crippen LogP contribution is -2.54. The van der Waals surface area contributed by atoms with E-state index >= 15 is 0 Å². The number of hydrogen-bond donors (Lipinski definition) is 2. The van der Waals surface area contributed by atoms with Gasteiger partial charge in [-0.25, -0.2) is 9.69 Å². The van der Waals surface area contributed by atoms with Crippen molar-refractivity contribution < 1.29 is 23.9 Å². The summed E-state index contributed by atoms with van der Waals surface area (Å²) >= 11 is 3.40. The predicted molar refractivity (Wildman–Crippen MR) is 140 cm³/mol. The largest absolute Gasteiger partial charge is 0.483 e. The van der Waals surface area contributed by atoms with E-state index < -0.39 is 17.8 Å². The summed E-state index contributed by atoms with van der Waals surface area (Å²) < 4.78 is 6.16. The maximum Gasteiger partial charge on any atom is 0.335 e. The molecule has 3 aromatic rings. The Morgan fingerprint density at radius 2 is 1.78 bits per heavy atom. The van der Waals surface area contributed by atoms with Gasteiger partial charge in [0.2, 0.25) is 0 Å². The number of barbiturate groups is 1. The van der Waals surface area contributed by atoms with Crippen LogP contribution in [0.3, 0.4) is 0 Å². The van der Waals surface area contributed by atoms with Gasteiger partial charge in [0.05, 0.1) is 10.2 Å². The Morgan fingerprint density at radius 1 is 1.03 bits per heavy atom. The first-order chi connectivity index (χ1) is 17.2. The van der Waals surface area contributed by atoms with E-state index in [1.54, 1.807) is 48.5 Å². The number of carbonyl (C=O) groups is 4. The molecular weight excluding hydrogens is 526 g/mol. The van der Waals surface area contributed by atoms with Gasteiger partial charge in [-0.1, -0.05) is 36.4 Å². The molecule has 1 aliphatic rings. The fraction of sp³-hybridized carbons (Fsp3) is 0.111. The fourth-order valence-electron chi connectivity index (χ4n) is 3.58. The van der Waals surface area contributed by atoms with E-state index in [1.165, 1.54) is 6.08 Å². The summed E-state index contributed by atoms with van der Waals surface area (Å²) in [6, 6.07) is 18.1. The van der Waals surface area contributed by atoms with Gasteiger partial charge in [0.15, 0.2) is 6.61 Å². The highest BCUT2D eigenvalue weighted by atomic mass is 79.9. The minimum absolute atomic E-state index is 0.188. The summed E-state index contributed by atoms with van der Waals surface area (Å²) in [5, 5.41) is 5.03. The first kappa shape index (κ1) is 24.9. The van der Waals surface area contributed by atoms with E-state index in [4.69, 9.17) is 4.74 Å². The zero-order valence-electron chi connectivity index (χ0n) is 19.5. The summed E-state index contributed by atoms with van der Waals surface area (Å²) in [4.78, 5) is 50.9. The van der Waals surface area contributed by atoms with E-state index in [9.17, 15) is 19.2 Å². The Morgan fingerprint density at radius 3 is 2.50 bits per heavy atom. The van der Waals surface area contributed by atoms with Crippen molar-refractivity contribution in [1.29, 1.82) is 0 Å². The molecule has 0 spiro atoms. The van der Waals surface area contributed by atoms with Gasteiger partial charge in [-0.05, 0) is 82.9 Å². The zero-order chi connectivity index (χ0) is 25.8. The van der Waals surface area contributed by atoms with Crippen molar-refractivity contribution in [1.82, 2.24) is 5.32 Å². The average Bonchev–Trinajstić information content (AvgIpc) is 2.84. The molecule has 2 N–H and O–H groups in total. The van der Waals surface area contributed by atoms with Gasteiger partial charge in [0.1, 0.15) is 11.3 Å². The number of carbonyl (C=O) groups excluding carboxylic acids is 4. The van der Waals surface area contributed by atoms with Gasteiger partial charge in [-0.2, -0.15) is 0 Å². The van der Waals surface area contributed by atoms with Gasteiger partial charge in [-0.3, -0.25) is 19.7 Å². The quantitative estimate of drug-likeness (QED) is 0.342. The van der Waals surface area contributed by atoms with Crippen molar-refractivity contribution >= 4 is 57.1 Å². The predicted octanol–water partition coefficient (Wildman–Crippen LogP) is 4.75. The van der Waals surface area contributed by atoms with Crippen LogP contribution in [0, 0.1) is 13.8 Å². The Bertz CT molecular complexity index is 1400. The summed E-state index contributed by atoms with van der Waals surface area (Å²) in [6.07, 6.45) is 1.39. The topological polar surface area (TPSA) is 105 Å². The summed E-state index contributed by atoms with van der Waals surface area (Å²) in [5.74, 6) is -1.41. The molecule has 182 valence electrons. The van der Waals surface area contributed by atoms with E-state index in [-0.39, 0.29) is 18.1 Å². The molecule has 8 nitrogen and oxygen atoms in total. The molecule has 0 saturated carbocycles. The molecule has 1 saturated heterocycles. The number of hydrogen-bond acceptors (Lipinski definition) is 5. The minimum atomic E-state index is -0.808. The average molecular weight is 548 g/mol. The highest BCUT2D eigenvalue weighted by molar-refractivity contribution is 9.10. The molecular formula is C27H22BrN3O5. The monoisotopic (exact) mass is 547 g/mol. The third kappa shape index (κ3) is 5.36. The van der Waals surface area contributed by atoms with Crippen molar-refractivity contribution in [2.75, 3.05) is 16.8 Å². The van der Waals surface area contributed by atoms with Crippen LogP contribution in [0.4, 0.5) is 16.2 Å². The van der Waals surface area contributed by atoms with Crippen LogP contribution >= 0.6 is 15.9 Å². The second-order valence-electron chi connectivity index (χ2n) is 8.07. The van der Waals surface area contributed by atoms with Crippen LogP contribution < -0.4 is 20.3 Å². The van der Waals surface area contributed by atoms with Gasteiger partial charge in [0.25, 0.3) is 17.7 Å². The number of benzene rings is 3. The third-order valence-electron chi connectivity index (χ3n) is 5.62. The number of ether oxygens (including phenoxy) is 1. The molecule has 9 heteroatoms. The molecule has 1 aliphatic heterocycles. The first-order valence-electron chi connectivity index (χ1n) is 11.0. The Hall–Kier alpha value is -4.24. The maximum absolute atomic E-state index is 13.0. The minimum Gasteiger partial charge on any atom is -0.483 e. The van der Waals surface area contributed by atoms with Crippen molar-refractivity contribution in [3.63, 3.8) is 0 Å². The van der Waals surface area contributed by atoms with Crippen LogP contribution in [0.1, 0.15) is 16.7 Å². The lowest BCUT2D eigenvalue weighted by Gasteiger charge is -2.26. The number of aryl methyl sites for hydroxylation is 1. The van der Waals surface area contributed by atoms with Crippen LogP contribution in [0.2, 0.25) is 0 Å². The molecule has 1 heterocycles. The summed E-state index contributed by atoms with van der Waals surface area (Å²) in [7, 11) is 0. The van der Waals surface area contributed by atoms with Gasteiger partial charge in [0, 0.05) is 5.69 Å². The molecule has 0 bridgehead atoms. The number of urea groups is 1. The third-order valence-corrected chi connectivity index (χ3v) is 6.24. The number of nitrogens with one attached hydrogen (secondary N) is 2. The molecule has 4 rings (SSSR count). The molecule has 3 aromatic carbocycles. The smallest absolute Gasteiger partial charge is 0.335 e. The highest BCUT2D eigenvalue weighted by Crippen LogP contribution is 2.28. The lowest BCUT2D eigenvalue weighted by atomic mass is 10.1. The van der Waals surface area contributed by atoms with E-state index in [0.717, 1.165) is 21.7 Å². The Kier molecular flexibility index (Phi) is 7.30. The number of rotatable bonds is 6. The highest BCUT2D eigenvalue weighted by Gasteiger charge is 2.36. The second kappa shape index (κ2) is 10.6. The molecule has 0 aliphatic carbocycles. The zero-order valence-corrected chi connectivity index (χ0v) is 21.1. The summed E-state index contributed by atoms with van der Waals surface area (Å²) in [5.41, 5.74) is 3.47. The molecule has 0 radical (unpaired) electrons. The molecule has 5 amide bonds. The fourth-order valence-corrected chi connectivity index (χ4v) is 4.09. The number of halogens is 1. The summed E-state index contributed by atoms with van der Waals surface area (Å²) in [6.45, 7) is 3.69. The normalized spacial score (nSPS) is 14.6. The SMILES string of the molecule is Cc1cccc(NC(=O)COc2ccc(/C=C3/C(=O)NC(=O)N(c4ccccc4)C3=O)cc2Br)c1C. The van der Waals surface area contributed by atoms with Crippen molar-refractivity contribution in [2.45, 2.75) is 13.8 Å². The van der Waals surface area contributed by atoms with Crippen LogP contribution in [0.15, 0.2) is 76.8 Å². The Balaban J connectivity index is 1.47. The van der Waals surface area contributed by atoms with Gasteiger partial charge in [-0.15, -0.1) is 0 Å². The number of nitrogens with zero attached hydrogens (tertiary/aromatic N) is 1. The van der Waals surface area contributed by atoms with E-state index in [2.05, 4.69) is 26.6 Å². The van der Waals surface area contributed by atoms with Crippen LogP contribution in [-0.4, -0.2) is 30.4 Å². The van der Waals surface area contributed by atoms with Gasteiger partial charge < -0.3 is 10.1 Å². The first-order valence-corrected chi connectivity index (χ1v) is 11.8. The van der Waals surface area contributed by atoms with Crippen LogP contribution in [0.5, 0.6) is 5.75 Å². The van der Waals surface area contributed by atoms with E-state index in [1.807, 2.05) is 32.0 Å². The molecule has 0 aromatic heterocycles. The van der Waals surface area contributed by atoms with Crippen molar-refractivity contribution in [3.8, 4) is 5.75 Å². The molecule has 1 fully saturated rings. The van der Waals surface area contributed by atoms with Crippen LogP contribution in [-0.2, 0) is 14.4 Å². The van der Waals surface area contributed by atoms with Crippen LogP contribution in [0.25, 0.3) is 6.08 Å². The number of anilines is 2. The van der Waals surface area contributed by atoms with Crippen molar-refractivity contribution in [2.24, 2.45) is 0 Å².